The second-order valence-corrected chi connectivity index (χ2v) is 6.67. The summed E-state index contributed by atoms with van der Waals surface area (Å²) in [6.45, 7) is 1.63. The molecule has 0 radical (unpaired) electrons. The molecule has 2 aromatic carbocycles. The molecule has 1 amide bonds. The van der Waals surface area contributed by atoms with Crippen LogP contribution in [0.3, 0.4) is 0 Å². The molecule has 0 aliphatic heterocycles. The lowest BCUT2D eigenvalue weighted by atomic mass is 10.0. The van der Waals surface area contributed by atoms with E-state index in [9.17, 15) is 14.9 Å². The van der Waals surface area contributed by atoms with Gasteiger partial charge in [0.25, 0.3) is 0 Å². The zero-order chi connectivity index (χ0) is 19.2. The maximum absolute atomic E-state index is 12.4. The van der Waals surface area contributed by atoms with E-state index in [1.165, 1.54) is 0 Å². The third-order valence-corrected chi connectivity index (χ3v) is 4.80. The van der Waals surface area contributed by atoms with Crippen LogP contribution in [0.4, 0.5) is 5.69 Å². The number of para-hydroxylation sites is 1. The average Bonchev–Trinajstić information content (AvgIpc) is 2.67. The van der Waals surface area contributed by atoms with E-state index in [1.807, 2.05) is 60.7 Å². The Morgan fingerprint density at radius 1 is 1.19 bits per heavy atom. The molecule has 7 heteroatoms. The number of amides is 1. The summed E-state index contributed by atoms with van der Waals surface area (Å²) >= 11 is 1.06. The number of thioether (sulfide) groups is 1. The summed E-state index contributed by atoms with van der Waals surface area (Å²) in [5.41, 5.74) is 2.79. The molecule has 0 fully saturated rings. The fourth-order valence-corrected chi connectivity index (χ4v) is 3.41. The number of rotatable bonds is 5. The number of aromatic amines is 1. The summed E-state index contributed by atoms with van der Waals surface area (Å²) in [4.78, 5) is 30.2. The van der Waals surface area contributed by atoms with Gasteiger partial charge in [0, 0.05) is 16.9 Å². The predicted molar refractivity (Wildman–Crippen MR) is 106 cm³/mol. The highest BCUT2D eigenvalue weighted by atomic mass is 32.2. The summed E-state index contributed by atoms with van der Waals surface area (Å²) < 4.78 is 0. The molecule has 0 aliphatic carbocycles. The van der Waals surface area contributed by atoms with E-state index in [4.69, 9.17) is 0 Å². The molecule has 0 saturated heterocycles. The monoisotopic (exact) mass is 376 g/mol. The smallest absolute Gasteiger partial charge is 0.325 e. The van der Waals surface area contributed by atoms with Gasteiger partial charge in [-0.1, -0.05) is 60.3 Å². The molecule has 0 saturated carbocycles. The number of nitrogens with one attached hydrogen (secondary N) is 2. The van der Waals surface area contributed by atoms with Crippen LogP contribution in [-0.2, 0) is 4.79 Å². The zero-order valence-electron chi connectivity index (χ0n) is 14.5. The van der Waals surface area contributed by atoms with Crippen molar-refractivity contribution in [2.45, 2.75) is 11.9 Å². The second-order valence-electron chi connectivity index (χ2n) is 5.71. The van der Waals surface area contributed by atoms with Crippen LogP contribution in [0.2, 0.25) is 0 Å². The van der Waals surface area contributed by atoms with Crippen LogP contribution < -0.4 is 11.0 Å². The number of hydrogen-bond acceptors (Lipinski definition) is 5. The van der Waals surface area contributed by atoms with Gasteiger partial charge < -0.3 is 10.3 Å². The highest BCUT2D eigenvalue weighted by molar-refractivity contribution is 8.00. The molecule has 3 aromatic rings. The first-order valence-electron chi connectivity index (χ1n) is 8.16. The SMILES string of the molecule is Cc1[nH]c(=O)nc(SCC(=O)Nc2ccccc2-c2ccccc2)c1C#N. The normalized spacial score (nSPS) is 10.2. The van der Waals surface area contributed by atoms with Gasteiger partial charge in [-0.3, -0.25) is 4.79 Å². The molecule has 0 atom stereocenters. The van der Waals surface area contributed by atoms with E-state index >= 15 is 0 Å². The Labute approximate surface area is 160 Å². The summed E-state index contributed by atoms with van der Waals surface area (Å²) in [7, 11) is 0. The van der Waals surface area contributed by atoms with Crippen LogP contribution >= 0.6 is 11.8 Å². The number of carbonyl (C=O) groups is 1. The molecule has 1 aromatic heterocycles. The average molecular weight is 376 g/mol. The van der Waals surface area contributed by atoms with Crippen molar-refractivity contribution < 1.29 is 4.79 Å². The molecule has 0 bridgehead atoms. The Balaban J connectivity index is 1.75. The molecule has 134 valence electrons. The van der Waals surface area contributed by atoms with Crippen LogP contribution in [0.15, 0.2) is 64.4 Å². The minimum absolute atomic E-state index is 0.0354. The van der Waals surface area contributed by atoms with Gasteiger partial charge >= 0.3 is 5.69 Å². The van der Waals surface area contributed by atoms with Crippen LogP contribution in [0.25, 0.3) is 11.1 Å². The van der Waals surface area contributed by atoms with Crippen molar-refractivity contribution in [1.82, 2.24) is 9.97 Å². The fraction of sp³-hybridized carbons (Fsp3) is 0.100. The van der Waals surface area contributed by atoms with Crippen LogP contribution in [0.5, 0.6) is 0 Å². The molecule has 1 heterocycles. The Morgan fingerprint density at radius 3 is 2.63 bits per heavy atom. The number of nitriles is 1. The van der Waals surface area contributed by atoms with Gasteiger partial charge in [-0.2, -0.15) is 10.2 Å². The fourth-order valence-electron chi connectivity index (χ4n) is 2.58. The van der Waals surface area contributed by atoms with Crippen molar-refractivity contribution in [2.75, 3.05) is 11.1 Å². The number of anilines is 1. The first-order chi connectivity index (χ1) is 13.1. The summed E-state index contributed by atoms with van der Waals surface area (Å²) in [6, 6.07) is 19.3. The number of benzene rings is 2. The molecule has 0 unspecified atom stereocenters. The second kappa shape index (κ2) is 8.34. The van der Waals surface area contributed by atoms with Gasteiger partial charge in [0.15, 0.2) is 0 Å². The largest absolute Gasteiger partial charge is 0.346 e. The van der Waals surface area contributed by atoms with Crippen molar-refractivity contribution in [3.8, 4) is 17.2 Å². The Hall–Kier alpha value is -3.37. The standard InChI is InChI=1S/C20H16N4O2S/c1-13-16(11-21)19(24-20(26)22-13)27-12-18(25)23-17-10-6-5-9-15(17)14-7-3-2-4-8-14/h2-10H,12H2,1H3,(H,23,25)(H,22,24,26). The van der Waals surface area contributed by atoms with Crippen LogP contribution in [0.1, 0.15) is 11.3 Å². The van der Waals surface area contributed by atoms with Crippen molar-refractivity contribution in [3.63, 3.8) is 0 Å². The van der Waals surface area contributed by atoms with Gasteiger partial charge in [-0.05, 0) is 18.6 Å². The highest BCUT2D eigenvalue weighted by Crippen LogP contribution is 2.28. The van der Waals surface area contributed by atoms with Gasteiger partial charge in [0.05, 0.1) is 5.75 Å². The highest BCUT2D eigenvalue weighted by Gasteiger charge is 2.13. The Kier molecular flexibility index (Phi) is 5.69. The molecule has 27 heavy (non-hydrogen) atoms. The quantitative estimate of drug-likeness (QED) is 0.526. The van der Waals surface area contributed by atoms with Crippen molar-refractivity contribution >= 4 is 23.4 Å². The van der Waals surface area contributed by atoms with Gasteiger partial charge in [0.2, 0.25) is 5.91 Å². The number of hydrogen-bond donors (Lipinski definition) is 2. The predicted octanol–water partition coefficient (Wildman–Crippen LogP) is 3.35. The van der Waals surface area contributed by atoms with E-state index < -0.39 is 5.69 Å². The van der Waals surface area contributed by atoms with E-state index in [-0.39, 0.29) is 22.2 Å². The van der Waals surface area contributed by atoms with Gasteiger partial charge in [0.1, 0.15) is 16.7 Å². The molecule has 0 spiro atoms. The lowest BCUT2D eigenvalue weighted by Crippen LogP contribution is -2.17. The third-order valence-electron chi connectivity index (χ3n) is 3.82. The maximum Gasteiger partial charge on any atom is 0.346 e. The first-order valence-corrected chi connectivity index (χ1v) is 9.15. The number of carbonyl (C=O) groups excluding carboxylic acids is 1. The summed E-state index contributed by atoms with van der Waals surface area (Å²) in [5.74, 6) is -0.208. The van der Waals surface area contributed by atoms with Gasteiger partial charge in [-0.15, -0.1) is 0 Å². The Morgan fingerprint density at radius 2 is 1.89 bits per heavy atom. The van der Waals surface area contributed by atoms with Gasteiger partial charge in [-0.25, -0.2) is 4.79 Å². The van der Waals surface area contributed by atoms with E-state index in [0.29, 0.717) is 11.4 Å². The van der Waals surface area contributed by atoms with Crippen molar-refractivity contribution in [2.24, 2.45) is 0 Å². The molecule has 6 nitrogen and oxygen atoms in total. The van der Waals surface area contributed by atoms with E-state index in [1.54, 1.807) is 6.92 Å². The minimum Gasteiger partial charge on any atom is -0.325 e. The first kappa shape index (κ1) is 18.4. The van der Waals surface area contributed by atoms with E-state index in [0.717, 1.165) is 22.9 Å². The molecule has 3 rings (SSSR count). The van der Waals surface area contributed by atoms with E-state index in [2.05, 4.69) is 15.3 Å². The molecule has 2 N–H and O–H groups in total. The number of aryl methyl sites for hydroxylation is 1. The third kappa shape index (κ3) is 4.43. The minimum atomic E-state index is -0.538. The maximum atomic E-state index is 12.4. The number of H-pyrrole nitrogens is 1. The lowest BCUT2D eigenvalue weighted by molar-refractivity contribution is -0.113. The molecular formula is C20H16N4O2S. The Bertz CT molecular complexity index is 1070. The summed E-state index contributed by atoms with van der Waals surface area (Å²) in [6.07, 6.45) is 0. The van der Waals surface area contributed by atoms with Crippen LogP contribution in [0, 0.1) is 18.3 Å². The van der Waals surface area contributed by atoms with Crippen molar-refractivity contribution in [1.29, 1.82) is 5.26 Å². The topological polar surface area (TPSA) is 98.6 Å². The zero-order valence-corrected chi connectivity index (χ0v) is 15.3. The molecule has 0 aliphatic rings. The van der Waals surface area contributed by atoms with Crippen molar-refractivity contribution in [3.05, 3.63) is 76.3 Å². The number of nitrogens with zero attached hydrogens (tertiary/aromatic N) is 2. The summed E-state index contributed by atoms with van der Waals surface area (Å²) in [5, 5.41) is 12.4. The molecular weight excluding hydrogens is 360 g/mol. The lowest BCUT2D eigenvalue weighted by Gasteiger charge is -2.11. The van der Waals surface area contributed by atoms with Crippen LogP contribution in [-0.4, -0.2) is 21.6 Å². The number of aromatic nitrogens is 2.